The number of aromatic nitrogens is 2. The number of imidazole rings is 1. The lowest BCUT2D eigenvalue weighted by Gasteiger charge is -2.12. The van der Waals surface area contributed by atoms with Crippen LogP contribution in [0.5, 0.6) is 5.75 Å². The molecule has 0 fully saturated rings. The van der Waals surface area contributed by atoms with Gasteiger partial charge >= 0.3 is 0 Å². The summed E-state index contributed by atoms with van der Waals surface area (Å²) in [6, 6.07) is 14.0. The fraction of sp³-hybridized carbons (Fsp3) is 0.222. The maximum absolute atomic E-state index is 5.99. The van der Waals surface area contributed by atoms with Crippen LogP contribution in [0.1, 0.15) is 17.0 Å². The van der Waals surface area contributed by atoms with Crippen molar-refractivity contribution in [2.24, 2.45) is 5.73 Å². The van der Waals surface area contributed by atoms with Crippen molar-refractivity contribution in [1.82, 2.24) is 9.55 Å². The standard InChI is InChI=1S/C18H19N3OS/c1-12-6-5-9-16(13(12)2)22-11-18-20-14-7-3-4-8-15(14)21(18)10-17(19)23/h3-9H,10-11H2,1-2H3,(H2,19,23). The lowest BCUT2D eigenvalue weighted by atomic mass is 10.1. The van der Waals surface area contributed by atoms with E-state index in [2.05, 4.69) is 24.9 Å². The van der Waals surface area contributed by atoms with Gasteiger partial charge in [0.1, 0.15) is 18.2 Å². The molecular weight excluding hydrogens is 306 g/mol. The van der Waals surface area contributed by atoms with Crippen LogP contribution < -0.4 is 10.5 Å². The van der Waals surface area contributed by atoms with Crippen LogP contribution in [0.3, 0.4) is 0 Å². The zero-order valence-electron chi connectivity index (χ0n) is 13.2. The van der Waals surface area contributed by atoms with Crippen molar-refractivity contribution in [2.75, 3.05) is 0 Å². The van der Waals surface area contributed by atoms with E-state index in [9.17, 15) is 0 Å². The van der Waals surface area contributed by atoms with Crippen LogP contribution >= 0.6 is 12.2 Å². The molecule has 3 rings (SSSR count). The molecule has 1 aromatic heterocycles. The molecule has 118 valence electrons. The Kier molecular flexibility index (Phi) is 4.30. The van der Waals surface area contributed by atoms with Gasteiger partial charge in [0.15, 0.2) is 0 Å². The van der Waals surface area contributed by atoms with Crippen molar-refractivity contribution in [2.45, 2.75) is 27.0 Å². The molecule has 0 bridgehead atoms. The summed E-state index contributed by atoms with van der Waals surface area (Å²) in [5, 5.41) is 0. The number of nitrogens with zero attached hydrogens (tertiary/aromatic N) is 2. The van der Waals surface area contributed by atoms with Crippen LogP contribution in [0.4, 0.5) is 0 Å². The molecule has 4 nitrogen and oxygen atoms in total. The fourth-order valence-electron chi connectivity index (χ4n) is 2.59. The summed E-state index contributed by atoms with van der Waals surface area (Å²) in [7, 11) is 0. The summed E-state index contributed by atoms with van der Waals surface area (Å²) in [5.41, 5.74) is 10.0. The summed E-state index contributed by atoms with van der Waals surface area (Å²) in [4.78, 5) is 5.09. The highest BCUT2D eigenvalue weighted by atomic mass is 32.1. The lowest BCUT2D eigenvalue weighted by molar-refractivity contribution is 0.289. The minimum absolute atomic E-state index is 0.377. The van der Waals surface area contributed by atoms with Gasteiger partial charge in [0.2, 0.25) is 0 Å². The normalized spacial score (nSPS) is 10.9. The first-order valence-electron chi connectivity index (χ1n) is 7.47. The average Bonchev–Trinajstić information content (AvgIpc) is 2.86. The predicted molar refractivity (Wildman–Crippen MR) is 96.8 cm³/mol. The molecule has 0 spiro atoms. The monoisotopic (exact) mass is 325 g/mol. The maximum Gasteiger partial charge on any atom is 0.148 e. The molecule has 2 N–H and O–H groups in total. The van der Waals surface area contributed by atoms with Crippen LogP contribution in [-0.4, -0.2) is 14.5 Å². The zero-order valence-corrected chi connectivity index (χ0v) is 14.1. The molecule has 0 unspecified atom stereocenters. The molecule has 23 heavy (non-hydrogen) atoms. The van der Waals surface area contributed by atoms with E-state index < -0.39 is 0 Å². The Morgan fingerprint density at radius 1 is 1.17 bits per heavy atom. The number of rotatable bonds is 5. The first-order chi connectivity index (χ1) is 11.1. The molecule has 2 aromatic carbocycles. The van der Waals surface area contributed by atoms with Crippen molar-refractivity contribution in [3.63, 3.8) is 0 Å². The van der Waals surface area contributed by atoms with Crippen LogP contribution in [-0.2, 0) is 13.2 Å². The van der Waals surface area contributed by atoms with Gasteiger partial charge in [-0.25, -0.2) is 4.98 Å². The van der Waals surface area contributed by atoms with E-state index in [1.54, 1.807) is 0 Å². The number of thiocarbonyl (C=S) groups is 1. The third kappa shape index (κ3) is 3.19. The average molecular weight is 325 g/mol. The second-order valence-electron chi connectivity index (χ2n) is 5.56. The van der Waals surface area contributed by atoms with E-state index in [0.29, 0.717) is 18.1 Å². The Morgan fingerprint density at radius 3 is 2.74 bits per heavy atom. The molecule has 5 heteroatoms. The quantitative estimate of drug-likeness (QED) is 0.729. The summed E-state index contributed by atoms with van der Waals surface area (Å²) >= 11 is 5.07. The maximum atomic E-state index is 5.99. The third-order valence-electron chi connectivity index (χ3n) is 3.96. The van der Waals surface area contributed by atoms with Gasteiger partial charge in [-0.15, -0.1) is 0 Å². The van der Waals surface area contributed by atoms with Gasteiger partial charge in [0.25, 0.3) is 0 Å². The lowest BCUT2D eigenvalue weighted by Crippen LogP contribution is -2.19. The van der Waals surface area contributed by atoms with Crippen molar-refractivity contribution in [3.05, 3.63) is 59.4 Å². The minimum Gasteiger partial charge on any atom is -0.485 e. The van der Waals surface area contributed by atoms with Crippen molar-refractivity contribution >= 4 is 28.2 Å². The van der Waals surface area contributed by atoms with E-state index >= 15 is 0 Å². The molecule has 3 aromatic rings. The van der Waals surface area contributed by atoms with Crippen LogP contribution in [0.15, 0.2) is 42.5 Å². The molecule has 1 heterocycles. The molecule has 0 aliphatic rings. The van der Waals surface area contributed by atoms with Gasteiger partial charge < -0.3 is 15.0 Å². The number of para-hydroxylation sites is 2. The van der Waals surface area contributed by atoms with Crippen molar-refractivity contribution in [1.29, 1.82) is 0 Å². The molecule has 0 saturated heterocycles. The number of hydrogen-bond acceptors (Lipinski definition) is 3. The minimum atomic E-state index is 0.377. The van der Waals surface area contributed by atoms with Gasteiger partial charge in [-0.05, 0) is 43.2 Å². The van der Waals surface area contributed by atoms with E-state index in [4.69, 9.17) is 22.7 Å². The first-order valence-corrected chi connectivity index (χ1v) is 7.88. The molecular formula is C18H19N3OS. The van der Waals surface area contributed by atoms with E-state index in [-0.39, 0.29) is 0 Å². The number of nitrogens with two attached hydrogens (primary N) is 1. The SMILES string of the molecule is Cc1cccc(OCc2nc3ccccc3n2CC(N)=S)c1C. The van der Waals surface area contributed by atoms with Gasteiger partial charge in [-0.2, -0.15) is 0 Å². The molecule has 0 amide bonds. The van der Waals surface area contributed by atoms with E-state index in [1.807, 2.05) is 41.0 Å². The zero-order chi connectivity index (χ0) is 16.4. The van der Waals surface area contributed by atoms with Crippen molar-refractivity contribution in [3.8, 4) is 5.75 Å². The van der Waals surface area contributed by atoms with Crippen LogP contribution in [0, 0.1) is 13.8 Å². The topological polar surface area (TPSA) is 53.1 Å². The van der Waals surface area contributed by atoms with E-state index in [0.717, 1.165) is 28.2 Å². The first kappa shape index (κ1) is 15.5. The van der Waals surface area contributed by atoms with Crippen LogP contribution in [0.2, 0.25) is 0 Å². The molecule has 0 aliphatic carbocycles. The summed E-state index contributed by atoms with van der Waals surface area (Å²) < 4.78 is 8.00. The second-order valence-corrected chi connectivity index (χ2v) is 6.08. The van der Waals surface area contributed by atoms with Crippen LogP contribution in [0.25, 0.3) is 11.0 Å². The number of ether oxygens (including phenoxy) is 1. The number of aryl methyl sites for hydroxylation is 1. The smallest absolute Gasteiger partial charge is 0.148 e. The van der Waals surface area contributed by atoms with Gasteiger partial charge in [0.05, 0.1) is 22.6 Å². The largest absolute Gasteiger partial charge is 0.485 e. The molecule has 0 radical (unpaired) electrons. The van der Waals surface area contributed by atoms with Gasteiger partial charge in [-0.1, -0.05) is 36.5 Å². The molecule has 0 saturated carbocycles. The Labute approximate surface area is 140 Å². The predicted octanol–water partition coefficient (Wildman–Crippen LogP) is 3.52. The summed E-state index contributed by atoms with van der Waals surface area (Å²) in [5.74, 6) is 1.69. The summed E-state index contributed by atoms with van der Waals surface area (Å²) in [6.07, 6.45) is 0. The Hall–Kier alpha value is -2.40. The van der Waals surface area contributed by atoms with Gasteiger partial charge in [0, 0.05) is 0 Å². The fourth-order valence-corrected chi connectivity index (χ4v) is 2.72. The summed E-state index contributed by atoms with van der Waals surface area (Å²) in [6.45, 7) is 4.97. The Bertz CT molecular complexity index is 870. The molecule has 0 aliphatic heterocycles. The van der Waals surface area contributed by atoms with Gasteiger partial charge in [-0.3, -0.25) is 0 Å². The highest BCUT2D eigenvalue weighted by Gasteiger charge is 2.12. The third-order valence-corrected chi connectivity index (χ3v) is 4.09. The second kappa shape index (κ2) is 6.38. The number of hydrogen-bond donors (Lipinski definition) is 1. The Morgan fingerprint density at radius 2 is 1.96 bits per heavy atom. The van der Waals surface area contributed by atoms with E-state index in [1.165, 1.54) is 5.56 Å². The van der Waals surface area contributed by atoms with Crippen molar-refractivity contribution < 1.29 is 4.74 Å². The number of benzene rings is 2. The molecule has 0 atom stereocenters. The Balaban J connectivity index is 1.93. The highest BCUT2D eigenvalue weighted by Crippen LogP contribution is 2.23. The highest BCUT2D eigenvalue weighted by molar-refractivity contribution is 7.80. The number of fused-ring (bicyclic) bond motifs is 1.